The number of pyridine rings is 1. The van der Waals surface area contributed by atoms with Crippen LogP contribution in [0.1, 0.15) is 41.0 Å². The molecule has 0 aromatic carbocycles. The molecule has 2 heterocycles. The Kier molecular flexibility index (Phi) is 3.50. The summed E-state index contributed by atoms with van der Waals surface area (Å²) in [5.41, 5.74) is 2.38. The first-order chi connectivity index (χ1) is 8.75. The predicted molar refractivity (Wildman–Crippen MR) is 76.9 cm³/mol. The van der Waals surface area contributed by atoms with Gasteiger partial charge in [0.05, 0.1) is 9.89 Å². The molecule has 0 saturated heterocycles. The predicted octanol–water partition coefficient (Wildman–Crippen LogP) is 4.06. The fourth-order valence-electron chi connectivity index (χ4n) is 2.64. The average molecular weight is 324 g/mol. The van der Waals surface area contributed by atoms with Crippen molar-refractivity contribution in [2.75, 3.05) is 0 Å². The van der Waals surface area contributed by atoms with Gasteiger partial charge in [-0.2, -0.15) is 0 Å². The molecule has 0 amide bonds. The van der Waals surface area contributed by atoms with E-state index < -0.39 is 6.10 Å². The fourth-order valence-corrected chi connectivity index (χ4v) is 4.11. The molecule has 2 nitrogen and oxygen atoms in total. The van der Waals surface area contributed by atoms with E-state index in [1.807, 2.05) is 24.4 Å². The highest BCUT2D eigenvalue weighted by atomic mass is 79.9. The normalized spacial score (nSPS) is 20.4. The van der Waals surface area contributed by atoms with Gasteiger partial charge in [-0.3, -0.25) is 4.98 Å². The molecule has 1 aliphatic rings. The van der Waals surface area contributed by atoms with Gasteiger partial charge in [-0.1, -0.05) is 6.07 Å². The number of thiophene rings is 1. The van der Waals surface area contributed by atoms with Crippen molar-refractivity contribution in [1.29, 1.82) is 0 Å². The molecule has 1 N–H and O–H groups in total. The minimum absolute atomic E-state index is 0.139. The monoisotopic (exact) mass is 323 g/mol. The van der Waals surface area contributed by atoms with Crippen LogP contribution in [0.25, 0.3) is 0 Å². The SMILES string of the molecule is OC(c1ccc(Br)s1)C1CCCc2cccnc21. The van der Waals surface area contributed by atoms with E-state index in [2.05, 4.69) is 27.0 Å². The first-order valence-corrected chi connectivity index (χ1v) is 7.74. The van der Waals surface area contributed by atoms with Gasteiger partial charge in [0.15, 0.2) is 0 Å². The van der Waals surface area contributed by atoms with E-state index >= 15 is 0 Å². The highest BCUT2D eigenvalue weighted by molar-refractivity contribution is 9.11. The van der Waals surface area contributed by atoms with Gasteiger partial charge in [0.25, 0.3) is 0 Å². The second-order valence-corrected chi connectivity index (χ2v) is 7.13. The molecule has 1 aliphatic carbocycles. The highest BCUT2D eigenvalue weighted by Gasteiger charge is 2.29. The maximum atomic E-state index is 10.6. The Morgan fingerprint density at radius 2 is 2.28 bits per heavy atom. The molecule has 2 atom stereocenters. The van der Waals surface area contributed by atoms with Gasteiger partial charge in [0, 0.05) is 22.7 Å². The molecule has 2 unspecified atom stereocenters. The number of rotatable bonds is 2. The number of hydrogen-bond acceptors (Lipinski definition) is 3. The van der Waals surface area contributed by atoms with Crippen molar-refractivity contribution >= 4 is 27.3 Å². The van der Waals surface area contributed by atoms with Gasteiger partial charge in [0.1, 0.15) is 0 Å². The molecule has 0 bridgehead atoms. The number of aryl methyl sites for hydroxylation is 1. The smallest absolute Gasteiger partial charge is 0.0965 e. The molecule has 0 radical (unpaired) electrons. The Morgan fingerprint density at radius 3 is 3.06 bits per heavy atom. The summed E-state index contributed by atoms with van der Waals surface area (Å²) >= 11 is 5.05. The van der Waals surface area contributed by atoms with E-state index in [0.29, 0.717) is 0 Å². The van der Waals surface area contributed by atoms with Crippen molar-refractivity contribution in [2.45, 2.75) is 31.3 Å². The summed E-state index contributed by atoms with van der Waals surface area (Å²) in [6.45, 7) is 0. The van der Waals surface area contributed by atoms with Crippen LogP contribution < -0.4 is 0 Å². The molecule has 3 rings (SSSR count). The van der Waals surface area contributed by atoms with E-state index in [-0.39, 0.29) is 5.92 Å². The van der Waals surface area contributed by atoms with Crippen LogP contribution in [0.5, 0.6) is 0 Å². The van der Waals surface area contributed by atoms with Crippen LogP contribution in [-0.2, 0) is 6.42 Å². The number of nitrogens with zero attached hydrogens (tertiary/aromatic N) is 1. The van der Waals surface area contributed by atoms with Crippen LogP contribution in [0.4, 0.5) is 0 Å². The average Bonchev–Trinajstić information content (AvgIpc) is 2.84. The zero-order valence-electron chi connectivity index (χ0n) is 9.84. The maximum Gasteiger partial charge on any atom is 0.0965 e. The van der Waals surface area contributed by atoms with Crippen LogP contribution in [0, 0.1) is 0 Å². The molecule has 18 heavy (non-hydrogen) atoms. The zero-order chi connectivity index (χ0) is 12.5. The lowest BCUT2D eigenvalue weighted by atomic mass is 9.83. The number of aromatic nitrogens is 1. The number of aliphatic hydroxyl groups is 1. The Hall–Kier alpha value is -0.710. The summed E-state index contributed by atoms with van der Waals surface area (Å²) in [5, 5.41) is 10.6. The topological polar surface area (TPSA) is 33.1 Å². The third-order valence-electron chi connectivity index (χ3n) is 3.51. The Morgan fingerprint density at radius 1 is 1.39 bits per heavy atom. The number of halogens is 1. The summed E-state index contributed by atoms with van der Waals surface area (Å²) in [5.74, 6) is 0.139. The van der Waals surface area contributed by atoms with Crippen molar-refractivity contribution in [3.8, 4) is 0 Å². The second-order valence-electron chi connectivity index (χ2n) is 4.63. The number of hydrogen-bond donors (Lipinski definition) is 1. The minimum atomic E-state index is -0.435. The molecule has 0 fully saturated rings. The fraction of sp³-hybridized carbons (Fsp3) is 0.357. The lowest BCUT2D eigenvalue weighted by Crippen LogP contribution is -2.17. The second kappa shape index (κ2) is 5.11. The van der Waals surface area contributed by atoms with E-state index in [9.17, 15) is 5.11 Å². The van der Waals surface area contributed by atoms with Crippen LogP contribution in [-0.4, -0.2) is 10.1 Å². The van der Waals surface area contributed by atoms with Crippen molar-refractivity contribution < 1.29 is 5.11 Å². The summed E-state index contributed by atoms with van der Waals surface area (Å²) in [6.07, 6.45) is 4.62. The van der Waals surface area contributed by atoms with Gasteiger partial charge in [-0.25, -0.2) is 0 Å². The van der Waals surface area contributed by atoms with Crippen molar-refractivity contribution in [3.63, 3.8) is 0 Å². The van der Waals surface area contributed by atoms with Gasteiger partial charge in [-0.05, 0) is 59.0 Å². The number of fused-ring (bicyclic) bond motifs is 1. The molecular weight excluding hydrogens is 310 g/mol. The van der Waals surface area contributed by atoms with E-state index in [4.69, 9.17) is 0 Å². The van der Waals surface area contributed by atoms with Crippen LogP contribution in [0.2, 0.25) is 0 Å². The van der Waals surface area contributed by atoms with E-state index in [1.165, 1.54) is 5.56 Å². The van der Waals surface area contributed by atoms with E-state index in [0.717, 1.165) is 33.6 Å². The molecule has 0 saturated carbocycles. The van der Waals surface area contributed by atoms with Crippen molar-refractivity contribution in [1.82, 2.24) is 4.98 Å². The quantitative estimate of drug-likeness (QED) is 0.904. The van der Waals surface area contributed by atoms with Crippen LogP contribution >= 0.6 is 27.3 Å². The van der Waals surface area contributed by atoms with Crippen LogP contribution in [0.3, 0.4) is 0 Å². The largest absolute Gasteiger partial charge is 0.387 e. The van der Waals surface area contributed by atoms with Gasteiger partial charge in [0.2, 0.25) is 0 Å². The Bertz CT molecular complexity index is 554. The molecule has 4 heteroatoms. The molecular formula is C14H14BrNOS. The summed E-state index contributed by atoms with van der Waals surface area (Å²) < 4.78 is 1.06. The van der Waals surface area contributed by atoms with Crippen LogP contribution in [0.15, 0.2) is 34.2 Å². The third-order valence-corrected chi connectivity index (χ3v) is 5.20. The van der Waals surface area contributed by atoms with Crippen molar-refractivity contribution in [3.05, 3.63) is 50.4 Å². The lowest BCUT2D eigenvalue weighted by Gasteiger charge is -2.27. The first-order valence-electron chi connectivity index (χ1n) is 6.13. The van der Waals surface area contributed by atoms with Gasteiger partial charge in [-0.15, -0.1) is 11.3 Å². The molecule has 94 valence electrons. The molecule has 0 spiro atoms. The Labute approximate surface area is 119 Å². The summed E-state index contributed by atoms with van der Waals surface area (Å²) in [6, 6.07) is 8.10. The zero-order valence-corrected chi connectivity index (χ0v) is 12.2. The summed E-state index contributed by atoms with van der Waals surface area (Å²) in [7, 11) is 0. The molecule has 2 aromatic heterocycles. The molecule has 2 aromatic rings. The minimum Gasteiger partial charge on any atom is -0.387 e. The lowest BCUT2D eigenvalue weighted by molar-refractivity contribution is 0.137. The summed E-state index contributed by atoms with van der Waals surface area (Å²) in [4.78, 5) is 5.51. The highest BCUT2D eigenvalue weighted by Crippen LogP contribution is 2.41. The standard InChI is InChI=1S/C14H14BrNOS/c15-12-7-6-11(18-12)14(17)10-5-1-3-9-4-2-8-16-13(9)10/h2,4,6-8,10,14,17H,1,3,5H2. The third kappa shape index (κ3) is 2.25. The maximum absolute atomic E-state index is 10.6. The van der Waals surface area contributed by atoms with Crippen molar-refractivity contribution in [2.24, 2.45) is 0 Å². The van der Waals surface area contributed by atoms with E-state index in [1.54, 1.807) is 11.3 Å². The number of aliphatic hydroxyl groups excluding tert-OH is 1. The molecule has 0 aliphatic heterocycles. The first kappa shape index (κ1) is 12.3. The van der Waals surface area contributed by atoms with Gasteiger partial charge < -0.3 is 5.11 Å². The Balaban J connectivity index is 1.94. The van der Waals surface area contributed by atoms with Gasteiger partial charge >= 0.3 is 0 Å².